The molecule has 1 unspecified atom stereocenters. The van der Waals surface area contributed by atoms with E-state index in [0.29, 0.717) is 5.92 Å². The molecule has 0 bridgehead atoms. The Bertz CT molecular complexity index is 153. The lowest BCUT2D eigenvalue weighted by Crippen LogP contribution is -2.42. The second-order valence-electron chi connectivity index (χ2n) is 3.51. The molecule has 0 aromatic carbocycles. The summed E-state index contributed by atoms with van der Waals surface area (Å²) in [6.45, 7) is 4.21. The van der Waals surface area contributed by atoms with Crippen molar-refractivity contribution in [1.29, 1.82) is 0 Å². The van der Waals surface area contributed by atoms with Crippen LogP contribution in [-0.4, -0.2) is 38.1 Å². The van der Waals surface area contributed by atoms with Crippen molar-refractivity contribution in [1.82, 2.24) is 4.90 Å². The normalized spacial score (nSPS) is 13.5. The average molecular weight is 187 g/mol. The molecule has 0 rings (SSSR count). The molecule has 0 aliphatic carbocycles. The third-order valence-electron chi connectivity index (χ3n) is 2.49. The maximum atomic E-state index is 11.4. The molecule has 0 saturated heterocycles. The number of ether oxygens (including phenoxy) is 1. The molecule has 0 amide bonds. The third kappa shape index (κ3) is 3.35. The topological polar surface area (TPSA) is 29.5 Å². The Morgan fingerprint density at radius 3 is 2.00 bits per heavy atom. The minimum atomic E-state index is -0.126. The van der Waals surface area contributed by atoms with Crippen molar-refractivity contribution in [3.05, 3.63) is 0 Å². The first-order valence-electron chi connectivity index (χ1n) is 4.82. The molecule has 0 heterocycles. The highest BCUT2D eigenvalue weighted by Gasteiger charge is 2.28. The monoisotopic (exact) mass is 187 g/mol. The van der Waals surface area contributed by atoms with E-state index in [-0.39, 0.29) is 12.0 Å². The molecule has 78 valence electrons. The Balaban J connectivity index is 4.47. The molecule has 3 nitrogen and oxygen atoms in total. The molecule has 0 aliphatic heterocycles. The summed E-state index contributed by atoms with van der Waals surface area (Å²) in [4.78, 5) is 13.4. The van der Waals surface area contributed by atoms with E-state index in [0.717, 1.165) is 12.8 Å². The average Bonchev–Trinajstić information content (AvgIpc) is 2.12. The number of esters is 1. The molecule has 0 aromatic rings. The Kier molecular flexibility index (Phi) is 5.71. The molecule has 1 atom stereocenters. The van der Waals surface area contributed by atoms with Gasteiger partial charge in [0, 0.05) is 0 Å². The van der Waals surface area contributed by atoms with Crippen molar-refractivity contribution in [2.24, 2.45) is 5.92 Å². The van der Waals surface area contributed by atoms with Gasteiger partial charge in [-0.05, 0) is 20.0 Å². The van der Waals surface area contributed by atoms with Crippen LogP contribution < -0.4 is 0 Å². The number of hydrogen-bond acceptors (Lipinski definition) is 3. The largest absolute Gasteiger partial charge is 0.468 e. The number of carbonyl (C=O) groups excluding carboxylic acids is 1. The minimum Gasteiger partial charge on any atom is -0.468 e. The highest BCUT2D eigenvalue weighted by molar-refractivity contribution is 5.75. The van der Waals surface area contributed by atoms with Crippen LogP contribution in [0.15, 0.2) is 0 Å². The predicted octanol–water partition coefficient (Wildman–Crippen LogP) is 1.53. The van der Waals surface area contributed by atoms with Gasteiger partial charge in [0.25, 0.3) is 0 Å². The first-order chi connectivity index (χ1) is 6.08. The quantitative estimate of drug-likeness (QED) is 0.611. The van der Waals surface area contributed by atoms with E-state index < -0.39 is 0 Å². The summed E-state index contributed by atoms with van der Waals surface area (Å²) in [6.07, 6.45) is 2.02. The number of carbonyl (C=O) groups is 1. The molecule has 0 fully saturated rings. The van der Waals surface area contributed by atoms with Crippen LogP contribution in [-0.2, 0) is 9.53 Å². The van der Waals surface area contributed by atoms with Gasteiger partial charge in [-0.2, -0.15) is 0 Å². The van der Waals surface area contributed by atoms with E-state index in [1.165, 1.54) is 7.11 Å². The number of hydrogen-bond donors (Lipinski definition) is 0. The van der Waals surface area contributed by atoms with E-state index in [2.05, 4.69) is 13.8 Å². The van der Waals surface area contributed by atoms with Crippen LogP contribution in [0.25, 0.3) is 0 Å². The summed E-state index contributed by atoms with van der Waals surface area (Å²) in [6, 6.07) is -0.0972. The fourth-order valence-corrected chi connectivity index (χ4v) is 1.68. The van der Waals surface area contributed by atoms with Crippen molar-refractivity contribution in [2.75, 3.05) is 21.2 Å². The van der Waals surface area contributed by atoms with Gasteiger partial charge in [0.15, 0.2) is 0 Å². The van der Waals surface area contributed by atoms with Gasteiger partial charge < -0.3 is 4.74 Å². The van der Waals surface area contributed by atoms with Crippen LogP contribution >= 0.6 is 0 Å². The Hall–Kier alpha value is -0.570. The van der Waals surface area contributed by atoms with Gasteiger partial charge in [-0.15, -0.1) is 0 Å². The maximum Gasteiger partial charge on any atom is 0.323 e. The number of rotatable bonds is 5. The highest BCUT2D eigenvalue weighted by Crippen LogP contribution is 2.17. The van der Waals surface area contributed by atoms with Gasteiger partial charge in [-0.3, -0.25) is 9.69 Å². The van der Waals surface area contributed by atoms with E-state index in [1.54, 1.807) is 0 Å². The maximum absolute atomic E-state index is 11.4. The molecule has 0 spiro atoms. The first-order valence-corrected chi connectivity index (χ1v) is 4.82. The predicted molar refractivity (Wildman–Crippen MR) is 53.6 cm³/mol. The number of methoxy groups -OCH3 is 1. The van der Waals surface area contributed by atoms with E-state index in [1.807, 2.05) is 19.0 Å². The fourth-order valence-electron chi connectivity index (χ4n) is 1.68. The zero-order valence-corrected chi connectivity index (χ0v) is 9.33. The van der Waals surface area contributed by atoms with Gasteiger partial charge in [-0.1, -0.05) is 26.7 Å². The third-order valence-corrected chi connectivity index (χ3v) is 2.49. The van der Waals surface area contributed by atoms with Crippen molar-refractivity contribution in [2.45, 2.75) is 32.7 Å². The SMILES string of the molecule is CCC(CC)C(C(=O)OC)N(C)C. The van der Waals surface area contributed by atoms with Crippen molar-refractivity contribution in [3.63, 3.8) is 0 Å². The molecule has 0 aliphatic rings. The van der Waals surface area contributed by atoms with E-state index >= 15 is 0 Å². The lowest BCUT2D eigenvalue weighted by atomic mass is 9.93. The summed E-state index contributed by atoms with van der Waals surface area (Å²) in [5, 5.41) is 0. The van der Waals surface area contributed by atoms with Crippen molar-refractivity contribution < 1.29 is 9.53 Å². The fraction of sp³-hybridized carbons (Fsp3) is 0.900. The molecule has 0 saturated carbocycles. The van der Waals surface area contributed by atoms with Crippen LogP contribution in [0.2, 0.25) is 0 Å². The van der Waals surface area contributed by atoms with Crippen LogP contribution in [0.4, 0.5) is 0 Å². The summed E-state index contributed by atoms with van der Waals surface area (Å²) in [5.41, 5.74) is 0. The first kappa shape index (κ1) is 12.4. The van der Waals surface area contributed by atoms with Crippen molar-refractivity contribution >= 4 is 5.97 Å². The lowest BCUT2D eigenvalue weighted by Gasteiger charge is -2.28. The summed E-state index contributed by atoms with van der Waals surface area (Å²) >= 11 is 0. The Morgan fingerprint density at radius 1 is 1.31 bits per heavy atom. The number of nitrogens with zero attached hydrogens (tertiary/aromatic N) is 1. The second kappa shape index (κ2) is 5.97. The van der Waals surface area contributed by atoms with E-state index in [4.69, 9.17) is 4.74 Å². The zero-order chi connectivity index (χ0) is 10.4. The van der Waals surface area contributed by atoms with Crippen LogP contribution in [0.1, 0.15) is 26.7 Å². The standard InChI is InChI=1S/C10H21NO2/c1-6-8(7-2)9(11(3)4)10(12)13-5/h8-9H,6-7H2,1-5H3. The minimum absolute atomic E-state index is 0.0972. The molecule has 0 aromatic heterocycles. The van der Waals surface area contributed by atoms with Gasteiger partial charge in [0.2, 0.25) is 0 Å². The summed E-state index contributed by atoms with van der Waals surface area (Å²) in [5.74, 6) is 0.265. The number of likely N-dealkylation sites (N-methyl/N-ethyl adjacent to an activating group) is 1. The highest BCUT2D eigenvalue weighted by atomic mass is 16.5. The molecular formula is C10H21NO2. The smallest absolute Gasteiger partial charge is 0.323 e. The Morgan fingerprint density at radius 2 is 1.77 bits per heavy atom. The zero-order valence-electron chi connectivity index (χ0n) is 9.33. The van der Waals surface area contributed by atoms with Gasteiger partial charge >= 0.3 is 5.97 Å². The Labute approximate surface area is 81.1 Å². The van der Waals surface area contributed by atoms with Crippen LogP contribution in [0.5, 0.6) is 0 Å². The van der Waals surface area contributed by atoms with Crippen molar-refractivity contribution in [3.8, 4) is 0 Å². The lowest BCUT2D eigenvalue weighted by molar-refractivity contribution is -0.148. The second-order valence-corrected chi connectivity index (χ2v) is 3.51. The van der Waals surface area contributed by atoms with Gasteiger partial charge in [0.05, 0.1) is 7.11 Å². The van der Waals surface area contributed by atoms with Gasteiger partial charge in [0.1, 0.15) is 6.04 Å². The summed E-state index contributed by atoms with van der Waals surface area (Å²) in [7, 11) is 5.28. The molecular weight excluding hydrogens is 166 g/mol. The van der Waals surface area contributed by atoms with Gasteiger partial charge in [-0.25, -0.2) is 0 Å². The summed E-state index contributed by atoms with van der Waals surface area (Å²) < 4.78 is 4.78. The molecule has 0 N–H and O–H groups in total. The molecule has 0 radical (unpaired) electrons. The molecule has 13 heavy (non-hydrogen) atoms. The van der Waals surface area contributed by atoms with E-state index in [9.17, 15) is 4.79 Å². The van der Waals surface area contributed by atoms with Crippen LogP contribution in [0, 0.1) is 5.92 Å². The van der Waals surface area contributed by atoms with Crippen LogP contribution in [0.3, 0.4) is 0 Å². The molecule has 3 heteroatoms.